The fraction of sp³-hybridized carbons (Fsp3) is 0.300. The van der Waals surface area contributed by atoms with E-state index in [1.54, 1.807) is 11.6 Å². The van der Waals surface area contributed by atoms with Gasteiger partial charge < -0.3 is 10.2 Å². The Bertz CT molecular complexity index is 459. The largest absolute Gasteiger partial charge is 0.389 e. The van der Waals surface area contributed by atoms with Crippen molar-refractivity contribution in [2.45, 2.75) is 12.2 Å². The summed E-state index contributed by atoms with van der Waals surface area (Å²) in [6.07, 6.45) is -1.63. The maximum Gasteiger partial charge on any atom is 0.106 e. The number of rotatable bonds is 3. The SMILES string of the molecule is OC(CBr)C(O)c1ccc2ncsc2c1. The van der Waals surface area contributed by atoms with Gasteiger partial charge in [0.25, 0.3) is 0 Å². The highest BCUT2D eigenvalue weighted by atomic mass is 79.9. The van der Waals surface area contributed by atoms with Gasteiger partial charge in [-0.15, -0.1) is 11.3 Å². The van der Waals surface area contributed by atoms with Gasteiger partial charge in [-0.1, -0.05) is 22.0 Å². The van der Waals surface area contributed by atoms with Crippen molar-refractivity contribution in [3.63, 3.8) is 0 Å². The lowest BCUT2D eigenvalue weighted by atomic mass is 10.1. The second kappa shape index (κ2) is 4.57. The molecule has 0 fully saturated rings. The molecule has 0 saturated heterocycles. The van der Waals surface area contributed by atoms with Gasteiger partial charge in [0.2, 0.25) is 0 Å². The average Bonchev–Trinajstić information content (AvgIpc) is 2.73. The number of benzene rings is 1. The smallest absolute Gasteiger partial charge is 0.106 e. The number of halogens is 1. The van der Waals surface area contributed by atoms with Crippen LogP contribution in [0.25, 0.3) is 10.2 Å². The van der Waals surface area contributed by atoms with Gasteiger partial charge in [-0.25, -0.2) is 4.98 Å². The minimum atomic E-state index is -0.851. The van der Waals surface area contributed by atoms with Crippen molar-refractivity contribution in [3.8, 4) is 0 Å². The number of hydrogen-bond acceptors (Lipinski definition) is 4. The molecule has 0 aliphatic rings. The van der Waals surface area contributed by atoms with E-state index in [1.807, 2.05) is 12.1 Å². The van der Waals surface area contributed by atoms with E-state index in [9.17, 15) is 10.2 Å². The molecule has 3 nitrogen and oxygen atoms in total. The molecule has 2 unspecified atom stereocenters. The topological polar surface area (TPSA) is 53.4 Å². The first-order valence-corrected chi connectivity index (χ1v) is 6.47. The zero-order valence-electron chi connectivity index (χ0n) is 7.80. The molecule has 0 amide bonds. The van der Waals surface area contributed by atoms with Crippen LogP contribution < -0.4 is 0 Å². The molecule has 1 aromatic carbocycles. The summed E-state index contributed by atoms with van der Waals surface area (Å²) >= 11 is 4.66. The normalized spacial score (nSPS) is 15.4. The van der Waals surface area contributed by atoms with Crippen LogP contribution in [0.5, 0.6) is 0 Å². The number of thiazole rings is 1. The fourth-order valence-electron chi connectivity index (χ4n) is 1.36. The molecule has 0 saturated carbocycles. The number of aliphatic hydroxyl groups excluding tert-OH is 2. The van der Waals surface area contributed by atoms with Gasteiger partial charge in [0.1, 0.15) is 6.10 Å². The minimum Gasteiger partial charge on any atom is -0.389 e. The Morgan fingerprint density at radius 2 is 2.20 bits per heavy atom. The van der Waals surface area contributed by atoms with Crippen LogP contribution in [0, 0.1) is 0 Å². The standard InChI is InChI=1S/C10H10BrNO2S/c11-4-8(13)10(14)6-1-2-7-9(3-6)15-5-12-7/h1-3,5,8,10,13-14H,4H2. The molecule has 2 atom stereocenters. The van der Waals surface area contributed by atoms with Crippen LogP contribution in [-0.2, 0) is 0 Å². The summed E-state index contributed by atoms with van der Waals surface area (Å²) in [6.45, 7) is 0. The van der Waals surface area contributed by atoms with Crippen molar-refractivity contribution >= 4 is 37.5 Å². The Balaban J connectivity index is 2.35. The Morgan fingerprint density at radius 1 is 1.40 bits per heavy atom. The predicted molar refractivity (Wildman–Crippen MR) is 64.4 cm³/mol. The lowest BCUT2D eigenvalue weighted by Crippen LogP contribution is -2.19. The first kappa shape index (κ1) is 11.0. The molecule has 1 aromatic heterocycles. The number of nitrogens with zero attached hydrogens (tertiary/aromatic N) is 1. The highest BCUT2D eigenvalue weighted by Gasteiger charge is 2.17. The third-order valence-electron chi connectivity index (χ3n) is 2.22. The van der Waals surface area contributed by atoms with E-state index in [0.29, 0.717) is 5.33 Å². The van der Waals surface area contributed by atoms with Crippen LogP contribution >= 0.6 is 27.3 Å². The van der Waals surface area contributed by atoms with Crippen molar-refractivity contribution in [2.24, 2.45) is 0 Å². The summed E-state index contributed by atoms with van der Waals surface area (Å²) in [5.74, 6) is 0. The molecule has 0 aliphatic carbocycles. The van der Waals surface area contributed by atoms with Crippen molar-refractivity contribution in [1.29, 1.82) is 0 Å². The maximum absolute atomic E-state index is 9.79. The molecule has 0 bridgehead atoms. The molecular weight excluding hydrogens is 278 g/mol. The van der Waals surface area contributed by atoms with Gasteiger partial charge in [0.15, 0.2) is 0 Å². The molecule has 80 valence electrons. The van der Waals surface area contributed by atoms with Crippen molar-refractivity contribution < 1.29 is 10.2 Å². The fourth-order valence-corrected chi connectivity index (χ4v) is 2.44. The molecule has 2 aromatic rings. The summed E-state index contributed by atoms with van der Waals surface area (Å²) in [7, 11) is 0. The van der Waals surface area contributed by atoms with E-state index < -0.39 is 12.2 Å². The molecular formula is C10H10BrNO2S. The van der Waals surface area contributed by atoms with Crippen LogP contribution in [-0.4, -0.2) is 26.6 Å². The highest BCUT2D eigenvalue weighted by molar-refractivity contribution is 9.09. The third kappa shape index (κ3) is 2.20. The second-order valence-corrected chi connectivity index (χ2v) is 4.78. The summed E-state index contributed by atoms with van der Waals surface area (Å²) in [5, 5.41) is 19.6. The lowest BCUT2D eigenvalue weighted by molar-refractivity contribution is 0.0343. The first-order valence-electron chi connectivity index (χ1n) is 4.47. The zero-order valence-corrected chi connectivity index (χ0v) is 10.2. The van der Waals surface area contributed by atoms with Crippen LogP contribution in [0.15, 0.2) is 23.7 Å². The Labute approximate surface area is 99.5 Å². The number of fused-ring (bicyclic) bond motifs is 1. The minimum absolute atomic E-state index is 0.356. The maximum atomic E-state index is 9.79. The van der Waals surface area contributed by atoms with Gasteiger partial charge >= 0.3 is 0 Å². The number of aliphatic hydroxyl groups is 2. The number of aromatic nitrogens is 1. The predicted octanol–water partition coefficient (Wildman–Crippen LogP) is 2.09. The van der Waals surface area contributed by atoms with E-state index in [4.69, 9.17) is 0 Å². The number of hydrogen-bond donors (Lipinski definition) is 2. The van der Waals surface area contributed by atoms with Gasteiger partial charge in [-0.3, -0.25) is 0 Å². The third-order valence-corrected chi connectivity index (χ3v) is 3.67. The van der Waals surface area contributed by atoms with Crippen molar-refractivity contribution in [3.05, 3.63) is 29.3 Å². The van der Waals surface area contributed by atoms with E-state index >= 15 is 0 Å². The van der Waals surface area contributed by atoms with Gasteiger partial charge in [0, 0.05) is 5.33 Å². The number of alkyl halides is 1. The van der Waals surface area contributed by atoms with Crippen molar-refractivity contribution in [1.82, 2.24) is 4.98 Å². The molecule has 0 radical (unpaired) electrons. The van der Waals surface area contributed by atoms with Crippen LogP contribution in [0.2, 0.25) is 0 Å². The van der Waals surface area contributed by atoms with Gasteiger partial charge in [-0.2, -0.15) is 0 Å². The van der Waals surface area contributed by atoms with E-state index in [1.165, 1.54) is 11.3 Å². The van der Waals surface area contributed by atoms with Crippen LogP contribution in [0.3, 0.4) is 0 Å². The van der Waals surface area contributed by atoms with Crippen LogP contribution in [0.1, 0.15) is 11.7 Å². The molecule has 15 heavy (non-hydrogen) atoms. The van der Waals surface area contributed by atoms with E-state index in [2.05, 4.69) is 20.9 Å². The van der Waals surface area contributed by atoms with Gasteiger partial charge in [-0.05, 0) is 17.7 Å². The molecule has 5 heteroatoms. The molecule has 1 heterocycles. The highest BCUT2D eigenvalue weighted by Crippen LogP contribution is 2.24. The summed E-state index contributed by atoms with van der Waals surface area (Å²) in [6, 6.07) is 5.51. The summed E-state index contributed by atoms with van der Waals surface area (Å²) < 4.78 is 1.02. The molecule has 0 aliphatic heterocycles. The lowest BCUT2D eigenvalue weighted by Gasteiger charge is -2.15. The van der Waals surface area contributed by atoms with E-state index in [-0.39, 0.29) is 0 Å². The monoisotopic (exact) mass is 287 g/mol. The zero-order chi connectivity index (χ0) is 10.8. The Kier molecular flexibility index (Phi) is 3.35. The quantitative estimate of drug-likeness (QED) is 0.850. The van der Waals surface area contributed by atoms with Crippen molar-refractivity contribution in [2.75, 3.05) is 5.33 Å². The Hall–Kier alpha value is -0.490. The summed E-state index contributed by atoms with van der Waals surface area (Å²) in [4.78, 5) is 4.15. The van der Waals surface area contributed by atoms with Crippen LogP contribution in [0.4, 0.5) is 0 Å². The molecule has 0 spiro atoms. The summed E-state index contributed by atoms with van der Waals surface area (Å²) in [5.41, 5.74) is 3.41. The Morgan fingerprint density at radius 3 is 2.93 bits per heavy atom. The average molecular weight is 288 g/mol. The molecule has 2 N–H and O–H groups in total. The van der Waals surface area contributed by atoms with Gasteiger partial charge in [0.05, 0.1) is 21.8 Å². The second-order valence-electron chi connectivity index (χ2n) is 3.25. The molecule has 2 rings (SSSR count). The van der Waals surface area contributed by atoms with E-state index in [0.717, 1.165) is 15.8 Å². The first-order chi connectivity index (χ1) is 7.22.